The molecule has 8 nitrogen and oxygen atoms in total. The minimum atomic E-state index is -4.81. The number of benzene rings is 2. The number of nitro groups is 1. The molecule has 31 heavy (non-hydrogen) atoms. The van der Waals surface area contributed by atoms with Crippen LogP contribution in [-0.2, 0) is 0 Å². The molecule has 0 saturated heterocycles. The summed E-state index contributed by atoms with van der Waals surface area (Å²) >= 11 is 0. The number of rotatable bonds is 7. The van der Waals surface area contributed by atoms with E-state index in [4.69, 9.17) is 0 Å². The van der Waals surface area contributed by atoms with Crippen molar-refractivity contribution in [2.75, 3.05) is 10.6 Å². The van der Waals surface area contributed by atoms with Crippen LogP contribution in [0.4, 0.5) is 41.9 Å². The molecule has 1 heterocycles. The van der Waals surface area contributed by atoms with E-state index in [0.29, 0.717) is 11.6 Å². The SMILES string of the molecule is CC(C)c1ccc(Nc2ncnc(Nc3ccc(OC(F)(F)F)cc3)c2[N+](=O)[O-])cc1. The lowest BCUT2D eigenvalue weighted by Crippen LogP contribution is -2.17. The first-order chi connectivity index (χ1) is 14.6. The average molecular weight is 433 g/mol. The molecule has 3 rings (SSSR count). The molecule has 162 valence electrons. The third kappa shape index (κ3) is 5.81. The van der Waals surface area contributed by atoms with Gasteiger partial charge in [0.05, 0.1) is 4.92 Å². The molecule has 0 aliphatic heterocycles. The summed E-state index contributed by atoms with van der Waals surface area (Å²) in [6.07, 6.45) is -3.67. The summed E-state index contributed by atoms with van der Waals surface area (Å²) < 4.78 is 40.6. The molecule has 0 atom stereocenters. The minimum absolute atomic E-state index is 0.0307. The quantitative estimate of drug-likeness (QED) is 0.354. The number of halogens is 3. The molecular weight excluding hydrogens is 415 g/mol. The maximum atomic E-state index is 12.3. The third-order valence-electron chi connectivity index (χ3n) is 4.20. The first kappa shape index (κ1) is 21.8. The molecule has 0 unspecified atom stereocenters. The van der Waals surface area contributed by atoms with Crippen LogP contribution in [0.2, 0.25) is 0 Å². The molecule has 0 aliphatic rings. The van der Waals surface area contributed by atoms with Gasteiger partial charge in [0, 0.05) is 11.4 Å². The Bertz CT molecular complexity index is 1060. The number of ether oxygens (including phenoxy) is 1. The first-order valence-corrected chi connectivity index (χ1v) is 9.11. The van der Waals surface area contributed by atoms with E-state index < -0.39 is 22.7 Å². The van der Waals surface area contributed by atoms with Crippen LogP contribution in [0.3, 0.4) is 0 Å². The van der Waals surface area contributed by atoms with Gasteiger partial charge in [-0.25, -0.2) is 9.97 Å². The van der Waals surface area contributed by atoms with Crippen molar-refractivity contribution in [1.29, 1.82) is 0 Å². The smallest absolute Gasteiger partial charge is 0.406 e. The highest BCUT2D eigenvalue weighted by Gasteiger charge is 2.31. The van der Waals surface area contributed by atoms with E-state index in [-0.39, 0.29) is 17.3 Å². The van der Waals surface area contributed by atoms with E-state index in [0.717, 1.165) is 24.0 Å². The van der Waals surface area contributed by atoms with Crippen molar-refractivity contribution in [3.05, 3.63) is 70.5 Å². The summed E-state index contributed by atoms with van der Waals surface area (Å²) in [7, 11) is 0. The lowest BCUT2D eigenvalue weighted by atomic mass is 10.0. The molecule has 0 saturated carbocycles. The van der Waals surface area contributed by atoms with Gasteiger partial charge in [0.2, 0.25) is 11.6 Å². The van der Waals surface area contributed by atoms with Crippen LogP contribution in [0, 0.1) is 10.1 Å². The molecule has 11 heteroatoms. The zero-order valence-corrected chi connectivity index (χ0v) is 16.5. The molecule has 0 fully saturated rings. The van der Waals surface area contributed by atoms with Gasteiger partial charge in [0.15, 0.2) is 0 Å². The molecular formula is C20H18F3N5O3. The number of anilines is 4. The van der Waals surface area contributed by atoms with E-state index in [2.05, 4.69) is 39.2 Å². The molecule has 0 aliphatic carbocycles. The van der Waals surface area contributed by atoms with Crippen molar-refractivity contribution >= 4 is 28.7 Å². The Morgan fingerprint density at radius 3 is 1.84 bits per heavy atom. The lowest BCUT2D eigenvalue weighted by Gasteiger charge is -2.12. The van der Waals surface area contributed by atoms with E-state index in [1.165, 1.54) is 12.1 Å². The van der Waals surface area contributed by atoms with Crippen LogP contribution in [-0.4, -0.2) is 21.3 Å². The van der Waals surface area contributed by atoms with Gasteiger partial charge in [-0.2, -0.15) is 0 Å². The van der Waals surface area contributed by atoms with Crippen LogP contribution in [0.15, 0.2) is 54.9 Å². The first-order valence-electron chi connectivity index (χ1n) is 9.11. The summed E-state index contributed by atoms with van der Waals surface area (Å²) in [4.78, 5) is 18.9. The Morgan fingerprint density at radius 1 is 0.935 bits per heavy atom. The second-order valence-electron chi connectivity index (χ2n) is 6.78. The number of aromatic nitrogens is 2. The molecule has 0 amide bonds. The summed E-state index contributed by atoms with van der Waals surface area (Å²) in [6, 6.07) is 12.1. The van der Waals surface area contributed by atoms with E-state index in [9.17, 15) is 23.3 Å². The van der Waals surface area contributed by atoms with Gasteiger partial charge in [0.25, 0.3) is 0 Å². The molecule has 0 radical (unpaired) electrons. The summed E-state index contributed by atoms with van der Waals surface area (Å²) in [5, 5.41) is 17.3. The van der Waals surface area contributed by atoms with Crippen molar-refractivity contribution < 1.29 is 22.8 Å². The van der Waals surface area contributed by atoms with Gasteiger partial charge < -0.3 is 15.4 Å². The zero-order chi connectivity index (χ0) is 22.6. The standard InChI is InChI=1S/C20H18F3N5O3/c1-12(2)13-3-5-14(6-4-13)26-18-17(28(29)30)19(25-11-24-18)27-15-7-9-16(10-8-15)31-20(21,22)23/h3-12H,1-2H3,(H2,24,25,26,27). The Balaban J connectivity index is 1.84. The maximum Gasteiger partial charge on any atom is 0.573 e. The number of alkyl halides is 3. The highest BCUT2D eigenvalue weighted by Crippen LogP contribution is 2.34. The second-order valence-corrected chi connectivity index (χ2v) is 6.78. The summed E-state index contributed by atoms with van der Waals surface area (Å²) in [5.74, 6) is -0.226. The van der Waals surface area contributed by atoms with Gasteiger partial charge in [-0.05, 0) is 47.9 Å². The molecule has 2 aromatic carbocycles. The predicted molar refractivity (Wildman–Crippen MR) is 109 cm³/mol. The molecule has 0 bridgehead atoms. The lowest BCUT2D eigenvalue weighted by molar-refractivity contribution is -0.383. The van der Waals surface area contributed by atoms with Crippen molar-refractivity contribution in [2.24, 2.45) is 0 Å². The van der Waals surface area contributed by atoms with Crippen LogP contribution in [0.25, 0.3) is 0 Å². The Morgan fingerprint density at radius 2 is 1.42 bits per heavy atom. The van der Waals surface area contributed by atoms with Gasteiger partial charge in [0.1, 0.15) is 12.1 Å². The maximum absolute atomic E-state index is 12.3. The topological polar surface area (TPSA) is 102 Å². The number of nitrogens with zero attached hydrogens (tertiary/aromatic N) is 3. The van der Waals surface area contributed by atoms with E-state index in [1.807, 2.05) is 12.1 Å². The summed E-state index contributed by atoms with van der Waals surface area (Å²) in [6.45, 7) is 4.11. The zero-order valence-electron chi connectivity index (χ0n) is 16.5. The minimum Gasteiger partial charge on any atom is -0.406 e. The van der Waals surface area contributed by atoms with Gasteiger partial charge >= 0.3 is 12.0 Å². The molecule has 2 N–H and O–H groups in total. The molecule has 3 aromatic rings. The van der Waals surface area contributed by atoms with Crippen molar-refractivity contribution in [3.8, 4) is 5.75 Å². The summed E-state index contributed by atoms with van der Waals surface area (Å²) in [5.41, 5.74) is 1.59. The van der Waals surface area contributed by atoms with Crippen LogP contribution < -0.4 is 15.4 Å². The fourth-order valence-electron chi connectivity index (χ4n) is 2.70. The highest BCUT2D eigenvalue weighted by molar-refractivity contribution is 5.76. The second kappa shape index (κ2) is 8.86. The predicted octanol–water partition coefficient (Wildman–Crippen LogP) is 5.89. The number of hydrogen-bond acceptors (Lipinski definition) is 7. The largest absolute Gasteiger partial charge is 0.573 e. The number of nitrogens with one attached hydrogen (secondary N) is 2. The normalized spacial score (nSPS) is 11.3. The van der Waals surface area contributed by atoms with Crippen LogP contribution >= 0.6 is 0 Å². The van der Waals surface area contributed by atoms with E-state index >= 15 is 0 Å². The van der Waals surface area contributed by atoms with E-state index in [1.54, 1.807) is 12.1 Å². The molecule has 0 spiro atoms. The van der Waals surface area contributed by atoms with Gasteiger partial charge in [-0.3, -0.25) is 10.1 Å². The van der Waals surface area contributed by atoms with Crippen LogP contribution in [0.1, 0.15) is 25.3 Å². The monoisotopic (exact) mass is 433 g/mol. The Kier molecular flexibility index (Phi) is 6.23. The van der Waals surface area contributed by atoms with Crippen LogP contribution in [0.5, 0.6) is 5.75 Å². The molecule has 1 aromatic heterocycles. The van der Waals surface area contributed by atoms with Crippen molar-refractivity contribution in [3.63, 3.8) is 0 Å². The van der Waals surface area contributed by atoms with Gasteiger partial charge in [-0.15, -0.1) is 13.2 Å². The fraction of sp³-hybridized carbons (Fsp3) is 0.200. The third-order valence-corrected chi connectivity index (χ3v) is 4.20. The fourth-order valence-corrected chi connectivity index (χ4v) is 2.70. The number of hydrogen-bond donors (Lipinski definition) is 2. The van der Waals surface area contributed by atoms with Gasteiger partial charge in [-0.1, -0.05) is 26.0 Å². The van der Waals surface area contributed by atoms with Crippen molar-refractivity contribution in [1.82, 2.24) is 9.97 Å². The average Bonchev–Trinajstić information content (AvgIpc) is 2.69. The van der Waals surface area contributed by atoms with Crippen molar-refractivity contribution in [2.45, 2.75) is 26.1 Å². The Labute approximate surface area is 175 Å². The highest BCUT2D eigenvalue weighted by atomic mass is 19.4. The Hall–Kier alpha value is -3.89.